The molecule has 3 nitrogen and oxygen atoms in total. The summed E-state index contributed by atoms with van der Waals surface area (Å²) in [6.45, 7) is 7.96. The molecule has 1 aliphatic rings. The van der Waals surface area contributed by atoms with Crippen molar-refractivity contribution in [3.05, 3.63) is 28.8 Å². The van der Waals surface area contributed by atoms with Crippen LogP contribution in [-0.4, -0.2) is 24.0 Å². The van der Waals surface area contributed by atoms with Gasteiger partial charge in [0.15, 0.2) is 0 Å². The van der Waals surface area contributed by atoms with E-state index < -0.39 is 0 Å². The Bertz CT molecular complexity index is 438. The molecule has 86 valence electrons. The van der Waals surface area contributed by atoms with E-state index in [1.54, 1.807) is 6.07 Å². The molecule has 1 heterocycles. The second kappa shape index (κ2) is 4.16. The van der Waals surface area contributed by atoms with Crippen LogP contribution in [0.2, 0.25) is 0 Å². The molecule has 1 unspecified atom stereocenters. The monoisotopic (exact) mass is 218 g/mol. The fraction of sp³-hybridized carbons (Fsp3) is 0.462. The maximum Gasteiger partial charge on any atom is 0.118 e. The maximum absolute atomic E-state index is 9.63. The van der Waals surface area contributed by atoms with Gasteiger partial charge in [0.05, 0.1) is 6.54 Å². The van der Waals surface area contributed by atoms with Crippen LogP contribution in [0.1, 0.15) is 29.5 Å². The molecule has 0 saturated carbocycles. The molecule has 0 bridgehead atoms. The first-order valence-corrected chi connectivity index (χ1v) is 5.68. The van der Waals surface area contributed by atoms with E-state index in [0.29, 0.717) is 5.75 Å². The number of rotatable bonds is 2. The van der Waals surface area contributed by atoms with Crippen LogP contribution in [0.3, 0.4) is 0 Å². The van der Waals surface area contributed by atoms with Gasteiger partial charge in [-0.1, -0.05) is 13.0 Å². The van der Waals surface area contributed by atoms with Crippen LogP contribution in [0.25, 0.3) is 0 Å². The zero-order chi connectivity index (χ0) is 11.7. The van der Waals surface area contributed by atoms with Crippen molar-refractivity contribution < 1.29 is 5.11 Å². The van der Waals surface area contributed by atoms with Gasteiger partial charge in [-0.15, -0.1) is 0 Å². The lowest BCUT2D eigenvalue weighted by atomic mass is 9.92. The van der Waals surface area contributed by atoms with E-state index in [0.717, 1.165) is 30.1 Å². The maximum atomic E-state index is 9.63. The van der Waals surface area contributed by atoms with E-state index in [9.17, 15) is 5.11 Å². The molecule has 1 aromatic carbocycles. The lowest BCUT2D eigenvalue weighted by Crippen LogP contribution is -2.24. The first kappa shape index (κ1) is 11.0. The summed E-state index contributed by atoms with van der Waals surface area (Å²) in [5.74, 6) is 1.71. The minimum atomic E-state index is 0.279. The number of phenols is 1. The Morgan fingerprint density at radius 1 is 1.31 bits per heavy atom. The standard InChI is InChI=1S/C13H18N2O/c1-8-9(2)12(16)5-4-11(8)10(3)13-14-6-7-15-13/h4-5,10,16H,6-7H2,1-3H3,(H,14,15). The molecular formula is C13H18N2O. The summed E-state index contributed by atoms with van der Waals surface area (Å²) < 4.78 is 0. The van der Waals surface area contributed by atoms with Gasteiger partial charge in [-0.3, -0.25) is 4.99 Å². The van der Waals surface area contributed by atoms with E-state index in [1.807, 2.05) is 13.0 Å². The second-order valence-electron chi connectivity index (χ2n) is 4.34. The molecule has 16 heavy (non-hydrogen) atoms. The van der Waals surface area contributed by atoms with Gasteiger partial charge in [-0.2, -0.15) is 0 Å². The fourth-order valence-corrected chi connectivity index (χ4v) is 2.15. The molecule has 0 spiro atoms. The summed E-state index contributed by atoms with van der Waals surface area (Å²) in [4.78, 5) is 4.45. The summed E-state index contributed by atoms with van der Waals surface area (Å²) in [6, 6.07) is 3.76. The third kappa shape index (κ3) is 1.77. The van der Waals surface area contributed by atoms with Gasteiger partial charge in [-0.25, -0.2) is 0 Å². The van der Waals surface area contributed by atoms with E-state index in [1.165, 1.54) is 5.56 Å². The highest BCUT2D eigenvalue weighted by atomic mass is 16.3. The normalized spacial score (nSPS) is 16.8. The minimum Gasteiger partial charge on any atom is -0.508 e. The number of aliphatic imine (C=N–C) groups is 1. The van der Waals surface area contributed by atoms with Crippen LogP contribution in [0.4, 0.5) is 0 Å². The molecule has 0 aromatic heterocycles. The fourth-order valence-electron chi connectivity index (χ4n) is 2.15. The van der Waals surface area contributed by atoms with Crippen molar-refractivity contribution in [2.75, 3.05) is 13.1 Å². The third-order valence-electron chi connectivity index (χ3n) is 3.38. The number of hydrogen-bond donors (Lipinski definition) is 2. The van der Waals surface area contributed by atoms with Crippen LogP contribution in [0.15, 0.2) is 17.1 Å². The quantitative estimate of drug-likeness (QED) is 0.798. The van der Waals surface area contributed by atoms with Crippen LogP contribution in [0.5, 0.6) is 5.75 Å². The summed E-state index contributed by atoms with van der Waals surface area (Å²) >= 11 is 0. The number of nitrogens with one attached hydrogen (secondary N) is 1. The van der Waals surface area contributed by atoms with E-state index >= 15 is 0 Å². The highest BCUT2D eigenvalue weighted by Crippen LogP contribution is 2.28. The van der Waals surface area contributed by atoms with Crippen molar-refractivity contribution in [3.63, 3.8) is 0 Å². The zero-order valence-electron chi connectivity index (χ0n) is 10.0. The molecule has 1 aliphatic heterocycles. The van der Waals surface area contributed by atoms with Crippen LogP contribution < -0.4 is 5.32 Å². The first-order chi connectivity index (χ1) is 7.61. The molecule has 0 saturated heterocycles. The van der Waals surface area contributed by atoms with Gasteiger partial charge in [0.1, 0.15) is 11.6 Å². The largest absolute Gasteiger partial charge is 0.508 e. The molecule has 0 aliphatic carbocycles. The van der Waals surface area contributed by atoms with Crippen LogP contribution >= 0.6 is 0 Å². The number of nitrogens with zero attached hydrogens (tertiary/aromatic N) is 1. The average Bonchev–Trinajstić information content (AvgIpc) is 2.79. The van der Waals surface area contributed by atoms with Gasteiger partial charge in [0.2, 0.25) is 0 Å². The molecule has 1 aromatic rings. The predicted molar refractivity (Wildman–Crippen MR) is 66.3 cm³/mol. The lowest BCUT2D eigenvalue weighted by Gasteiger charge is -2.17. The van der Waals surface area contributed by atoms with E-state index in [4.69, 9.17) is 0 Å². The van der Waals surface area contributed by atoms with Crippen molar-refractivity contribution in [1.29, 1.82) is 0 Å². The van der Waals surface area contributed by atoms with Crippen LogP contribution in [-0.2, 0) is 0 Å². The Balaban J connectivity index is 2.37. The number of phenolic OH excluding ortho intramolecular Hbond substituents is 1. The molecule has 2 rings (SSSR count). The Hall–Kier alpha value is -1.51. The van der Waals surface area contributed by atoms with Gasteiger partial charge in [0, 0.05) is 12.5 Å². The van der Waals surface area contributed by atoms with Crippen molar-refractivity contribution in [1.82, 2.24) is 5.32 Å². The summed E-state index contributed by atoms with van der Waals surface area (Å²) in [7, 11) is 0. The molecule has 0 radical (unpaired) electrons. The summed E-state index contributed by atoms with van der Waals surface area (Å²) in [5, 5.41) is 12.9. The van der Waals surface area contributed by atoms with Crippen molar-refractivity contribution >= 4 is 5.84 Å². The molecule has 1 atom stereocenters. The Morgan fingerprint density at radius 3 is 2.69 bits per heavy atom. The number of benzene rings is 1. The zero-order valence-corrected chi connectivity index (χ0v) is 10.0. The first-order valence-electron chi connectivity index (χ1n) is 5.68. The highest BCUT2D eigenvalue weighted by molar-refractivity contribution is 5.90. The highest BCUT2D eigenvalue weighted by Gasteiger charge is 2.18. The van der Waals surface area contributed by atoms with E-state index in [-0.39, 0.29) is 5.92 Å². The minimum absolute atomic E-state index is 0.279. The lowest BCUT2D eigenvalue weighted by molar-refractivity contribution is 0.470. The van der Waals surface area contributed by atoms with Crippen molar-refractivity contribution in [3.8, 4) is 5.75 Å². The molecule has 0 fully saturated rings. The number of hydrogen-bond acceptors (Lipinski definition) is 3. The average molecular weight is 218 g/mol. The molecule has 3 heteroatoms. The number of amidine groups is 1. The van der Waals surface area contributed by atoms with Crippen molar-refractivity contribution in [2.24, 2.45) is 4.99 Å². The summed E-state index contributed by atoms with van der Waals surface area (Å²) in [5.41, 5.74) is 3.36. The number of aromatic hydroxyl groups is 1. The Labute approximate surface area is 96.2 Å². The smallest absolute Gasteiger partial charge is 0.118 e. The molecule has 0 amide bonds. The Morgan fingerprint density at radius 2 is 2.06 bits per heavy atom. The third-order valence-corrected chi connectivity index (χ3v) is 3.38. The summed E-state index contributed by atoms with van der Waals surface area (Å²) in [6.07, 6.45) is 0. The predicted octanol–water partition coefficient (Wildman–Crippen LogP) is 2.11. The van der Waals surface area contributed by atoms with E-state index in [2.05, 4.69) is 24.2 Å². The van der Waals surface area contributed by atoms with Gasteiger partial charge in [0.25, 0.3) is 0 Å². The SMILES string of the molecule is Cc1c(O)ccc(C(C)C2=NCCN2)c1C. The van der Waals surface area contributed by atoms with Gasteiger partial charge < -0.3 is 10.4 Å². The molecular weight excluding hydrogens is 200 g/mol. The van der Waals surface area contributed by atoms with Gasteiger partial charge in [-0.05, 0) is 36.6 Å². The molecule has 2 N–H and O–H groups in total. The second-order valence-corrected chi connectivity index (χ2v) is 4.34. The topological polar surface area (TPSA) is 44.6 Å². The Kier molecular flexibility index (Phi) is 2.86. The van der Waals surface area contributed by atoms with Crippen LogP contribution in [0, 0.1) is 13.8 Å². The van der Waals surface area contributed by atoms with Gasteiger partial charge >= 0.3 is 0 Å². The van der Waals surface area contributed by atoms with Crippen molar-refractivity contribution in [2.45, 2.75) is 26.7 Å².